The summed E-state index contributed by atoms with van der Waals surface area (Å²) >= 11 is 7.05. The highest BCUT2D eigenvalue weighted by Crippen LogP contribution is 2.28. The number of aromatic nitrogens is 2. The number of amides is 1. The minimum Gasteiger partial charge on any atom is -0.324 e. The van der Waals surface area contributed by atoms with Crippen molar-refractivity contribution < 1.29 is 9.72 Å². The van der Waals surface area contributed by atoms with Crippen molar-refractivity contribution in [2.24, 2.45) is 0 Å². The summed E-state index contributed by atoms with van der Waals surface area (Å²) in [6, 6.07) is 10.7. The van der Waals surface area contributed by atoms with Crippen molar-refractivity contribution in [3.05, 3.63) is 68.0 Å². The van der Waals surface area contributed by atoms with Gasteiger partial charge in [0.15, 0.2) is 5.16 Å². The number of para-hydroxylation sites is 1. The average molecular weight is 405 g/mol. The lowest BCUT2D eigenvalue weighted by Crippen LogP contribution is -2.23. The number of hydrogen-bond donors (Lipinski definition) is 2. The molecule has 1 atom stereocenters. The van der Waals surface area contributed by atoms with Crippen LogP contribution in [0.25, 0.3) is 10.9 Å². The lowest BCUT2D eigenvalue weighted by molar-refractivity contribution is -0.384. The van der Waals surface area contributed by atoms with Crippen LogP contribution in [-0.2, 0) is 4.79 Å². The molecule has 0 bridgehead atoms. The minimum atomic E-state index is -0.635. The smallest absolute Gasteiger partial charge is 0.271 e. The Hall–Kier alpha value is -2.91. The molecule has 0 spiro atoms. The van der Waals surface area contributed by atoms with Gasteiger partial charge in [0.05, 0.1) is 31.8 Å². The van der Waals surface area contributed by atoms with Gasteiger partial charge < -0.3 is 10.3 Å². The van der Waals surface area contributed by atoms with Gasteiger partial charge in [0.25, 0.3) is 11.2 Å². The number of fused-ring (bicyclic) bond motifs is 1. The van der Waals surface area contributed by atoms with Crippen LogP contribution in [0.3, 0.4) is 0 Å². The van der Waals surface area contributed by atoms with E-state index in [2.05, 4.69) is 15.3 Å². The van der Waals surface area contributed by atoms with E-state index in [1.54, 1.807) is 31.2 Å². The summed E-state index contributed by atoms with van der Waals surface area (Å²) in [6.45, 7) is 1.63. The van der Waals surface area contributed by atoms with Gasteiger partial charge in [0.2, 0.25) is 5.91 Å². The number of thioether (sulfide) groups is 1. The summed E-state index contributed by atoms with van der Waals surface area (Å²) in [4.78, 5) is 41.8. The molecular weight excluding hydrogens is 392 g/mol. The van der Waals surface area contributed by atoms with Gasteiger partial charge in [-0.25, -0.2) is 4.98 Å². The number of nitrogens with zero attached hydrogens (tertiary/aromatic N) is 2. The van der Waals surface area contributed by atoms with Gasteiger partial charge in [0, 0.05) is 12.1 Å². The zero-order chi connectivity index (χ0) is 19.6. The Bertz CT molecular complexity index is 1100. The molecule has 0 aliphatic carbocycles. The number of carbonyl (C=O) groups excluding carboxylic acids is 1. The first-order valence-corrected chi connectivity index (χ1v) is 9.01. The second-order valence-corrected chi connectivity index (χ2v) is 7.30. The van der Waals surface area contributed by atoms with E-state index >= 15 is 0 Å². The fraction of sp³-hybridized carbons (Fsp3) is 0.118. The first kappa shape index (κ1) is 18.9. The Labute approximate surface area is 162 Å². The molecule has 1 aromatic heterocycles. The van der Waals surface area contributed by atoms with E-state index in [4.69, 9.17) is 11.6 Å². The Morgan fingerprint density at radius 1 is 1.33 bits per heavy atom. The first-order valence-electron chi connectivity index (χ1n) is 7.75. The van der Waals surface area contributed by atoms with Gasteiger partial charge in [-0.15, -0.1) is 0 Å². The largest absolute Gasteiger partial charge is 0.324 e. The third-order valence-corrected chi connectivity index (χ3v) is 4.98. The molecule has 27 heavy (non-hydrogen) atoms. The Kier molecular flexibility index (Phi) is 5.43. The fourth-order valence-electron chi connectivity index (χ4n) is 2.30. The number of H-pyrrole nitrogens is 1. The number of non-ortho nitro benzene ring substituents is 1. The van der Waals surface area contributed by atoms with Crippen molar-refractivity contribution in [1.82, 2.24) is 9.97 Å². The van der Waals surface area contributed by atoms with E-state index in [-0.39, 0.29) is 22.0 Å². The number of benzene rings is 2. The van der Waals surface area contributed by atoms with E-state index in [0.717, 1.165) is 11.8 Å². The number of anilines is 1. The standard InChI is InChI=1S/C17H13ClN4O4S/c1-9(15(23)19-14-8-10(22(25)26)6-7-12(14)18)27-17-20-13-5-3-2-4-11(13)16(24)21-17/h2-9H,1H3,(H,19,23)(H,20,21,24). The number of carbonyl (C=O) groups is 1. The topological polar surface area (TPSA) is 118 Å². The van der Waals surface area contributed by atoms with Crippen molar-refractivity contribution in [2.45, 2.75) is 17.3 Å². The summed E-state index contributed by atoms with van der Waals surface area (Å²) in [7, 11) is 0. The maximum absolute atomic E-state index is 12.4. The highest BCUT2D eigenvalue weighted by Gasteiger charge is 2.19. The van der Waals surface area contributed by atoms with Crippen molar-refractivity contribution in [2.75, 3.05) is 5.32 Å². The molecule has 10 heteroatoms. The molecule has 2 N–H and O–H groups in total. The molecule has 2 aromatic carbocycles. The summed E-state index contributed by atoms with van der Waals surface area (Å²) in [5, 5.41) is 13.7. The number of nitro benzene ring substituents is 1. The lowest BCUT2D eigenvalue weighted by Gasteiger charge is -2.12. The number of aromatic amines is 1. The van der Waals surface area contributed by atoms with Crippen LogP contribution in [0.5, 0.6) is 0 Å². The maximum Gasteiger partial charge on any atom is 0.271 e. The Balaban J connectivity index is 1.78. The second-order valence-electron chi connectivity index (χ2n) is 5.56. The highest BCUT2D eigenvalue weighted by atomic mass is 35.5. The molecule has 3 rings (SSSR count). The zero-order valence-electron chi connectivity index (χ0n) is 13.9. The van der Waals surface area contributed by atoms with Gasteiger partial charge >= 0.3 is 0 Å². The third kappa shape index (κ3) is 4.26. The van der Waals surface area contributed by atoms with Crippen molar-refractivity contribution >= 4 is 51.5 Å². The Morgan fingerprint density at radius 3 is 2.81 bits per heavy atom. The van der Waals surface area contributed by atoms with Gasteiger partial charge in [-0.1, -0.05) is 35.5 Å². The van der Waals surface area contributed by atoms with Gasteiger partial charge in [0.1, 0.15) is 0 Å². The third-order valence-electron chi connectivity index (χ3n) is 3.67. The number of hydrogen-bond acceptors (Lipinski definition) is 6. The van der Waals surface area contributed by atoms with Crippen LogP contribution in [0.2, 0.25) is 5.02 Å². The van der Waals surface area contributed by atoms with E-state index in [1.165, 1.54) is 18.2 Å². The molecule has 0 radical (unpaired) electrons. The minimum absolute atomic E-state index is 0.142. The fourth-order valence-corrected chi connectivity index (χ4v) is 3.27. The van der Waals surface area contributed by atoms with Gasteiger partial charge in [-0.2, -0.15) is 0 Å². The molecule has 0 fully saturated rings. The van der Waals surface area contributed by atoms with Crippen molar-refractivity contribution in [3.8, 4) is 0 Å². The van der Waals surface area contributed by atoms with Crippen molar-refractivity contribution in [3.63, 3.8) is 0 Å². The number of nitro groups is 1. The highest BCUT2D eigenvalue weighted by molar-refractivity contribution is 8.00. The van der Waals surface area contributed by atoms with Gasteiger partial charge in [-0.05, 0) is 25.1 Å². The van der Waals surface area contributed by atoms with Crippen LogP contribution in [0, 0.1) is 10.1 Å². The van der Waals surface area contributed by atoms with Gasteiger partial charge in [-0.3, -0.25) is 19.7 Å². The molecule has 1 heterocycles. The molecule has 3 aromatic rings. The predicted molar refractivity (Wildman–Crippen MR) is 104 cm³/mol. The van der Waals surface area contributed by atoms with E-state index in [1.807, 2.05) is 0 Å². The number of nitrogens with one attached hydrogen (secondary N) is 2. The van der Waals surface area contributed by atoms with E-state index in [9.17, 15) is 19.7 Å². The van der Waals surface area contributed by atoms with E-state index in [0.29, 0.717) is 16.1 Å². The molecule has 8 nitrogen and oxygen atoms in total. The first-order chi connectivity index (χ1) is 12.8. The molecule has 0 saturated heterocycles. The molecule has 138 valence electrons. The molecule has 1 unspecified atom stereocenters. The second kappa shape index (κ2) is 7.77. The maximum atomic E-state index is 12.4. The predicted octanol–water partition coefficient (Wildman–Crippen LogP) is 3.60. The summed E-state index contributed by atoms with van der Waals surface area (Å²) in [5.41, 5.74) is 0.189. The zero-order valence-corrected chi connectivity index (χ0v) is 15.5. The van der Waals surface area contributed by atoms with Crippen LogP contribution in [0.15, 0.2) is 52.4 Å². The molecule has 0 saturated carbocycles. The molecule has 1 amide bonds. The number of halogens is 1. The van der Waals surface area contributed by atoms with Crippen LogP contribution in [0.4, 0.5) is 11.4 Å². The van der Waals surface area contributed by atoms with E-state index < -0.39 is 16.1 Å². The summed E-state index contributed by atoms with van der Waals surface area (Å²) < 4.78 is 0. The SMILES string of the molecule is CC(Sc1nc2ccccc2c(=O)[nH]1)C(=O)Nc1cc([N+](=O)[O-])ccc1Cl. The molecular formula is C17H13ClN4O4S. The summed E-state index contributed by atoms with van der Waals surface area (Å²) in [6.07, 6.45) is 0. The monoisotopic (exact) mass is 404 g/mol. The average Bonchev–Trinajstić information content (AvgIpc) is 2.63. The van der Waals surface area contributed by atoms with Crippen LogP contribution in [-0.4, -0.2) is 26.0 Å². The Morgan fingerprint density at radius 2 is 2.07 bits per heavy atom. The number of rotatable bonds is 5. The van der Waals surface area contributed by atoms with Crippen LogP contribution < -0.4 is 10.9 Å². The molecule has 0 aliphatic rings. The molecule has 0 aliphatic heterocycles. The van der Waals surface area contributed by atoms with Crippen LogP contribution >= 0.6 is 23.4 Å². The normalized spacial score (nSPS) is 11.9. The summed E-state index contributed by atoms with van der Waals surface area (Å²) in [5.74, 6) is -0.432. The van der Waals surface area contributed by atoms with Crippen molar-refractivity contribution in [1.29, 1.82) is 0 Å². The quantitative estimate of drug-likeness (QED) is 0.290. The lowest BCUT2D eigenvalue weighted by atomic mass is 10.2. The van der Waals surface area contributed by atoms with Crippen LogP contribution in [0.1, 0.15) is 6.92 Å².